The molecule has 0 radical (unpaired) electrons. The quantitative estimate of drug-likeness (QED) is 0.0992. The number of carbonyl (C=O) groups excluding carboxylic acids is 2. The molecule has 4 heterocycles. The maximum absolute atomic E-state index is 13.2. The second-order valence-corrected chi connectivity index (χ2v) is 16.2. The second kappa shape index (κ2) is 15.8. The van der Waals surface area contributed by atoms with E-state index in [0.717, 1.165) is 49.9 Å². The molecule has 11 nitrogen and oxygen atoms in total. The van der Waals surface area contributed by atoms with Crippen LogP contribution in [0.5, 0.6) is 0 Å². The zero-order valence-corrected chi connectivity index (χ0v) is 31.2. The minimum atomic E-state index is -4.21. The molecule has 0 bridgehead atoms. The zero-order valence-electron chi connectivity index (χ0n) is 29.6. The Kier molecular flexibility index (Phi) is 12.0. The first-order chi connectivity index (χ1) is 23.9. The van der Waals surface area contributed by atoms with Crippen molar-refractivity contribution < 1.29 is 32.2 Å². The number of alkyl halides is 3. The summed E-state index contributed by atoms with van der Waals surface area (Å²) in [5, 5.41) is 5.49. The van der Waals surface area contributed by atoms with Gasteiger partial charge in [-0.3, -0.25) is 14.5 Å². The molecule has 16 heteroatoms. The van der Waals surface area contributed by atoms with Crippen LogP contribution in [0.25, 0.3) is 0 Å². The van der Waals surface area contributed by atoms with Crippen molar-refractivity contribution in [2.75, 3.05) is 30.0 Å². The number of anilines is 2. The number of nitrogens with zero attached hydrogens (tertiary/aromatic N) is 4. The van der Waals surface area contributed by atoms with Crippen LogP contribution in [0.4, 0.5) is 29.5 Å². The monoisotopic (exact) mass is 753 g/mol. The lowest BCUT2D eigenvalue weighted by atomic mass is 9.93. The molecule has 2 fully saturated rings. The summed E-state index contributed by atoms with van der Waals surface area (Å²) in [6.45, 7) is 11.3. The molecule has 2 unspecified atom stereocenters. The highest BCUT2D eigenvalue weighted by Gasteiger charge is 2.62. The maximum atomic E-state index is 13.2. The summed E-state index contributed by atoms with van der Waals surface area (Å²) in [7, 11) is 0. The summed E-state index contributed by atoms with van der Waals surface area (Å²) in [4.78, 5) is 36.1. The standard InChI is InChI=1S/C35H47ClF3N7O4S/c1-32(2,3)50-31(48)45-22-23(20-33(45,4)5)8-6-7-17-40-24-9-12-28(41-21-24)51-44-30(47)25-10-11-26(42-29(25)36)46-18-13-27(43-46)49-19-16-34(14-15-34)35(37,38)39/h9-13,18,21,23,27,40,43H,6-8,14-17,19-20,22H2,1-5H3,(H,44,47). The maximum Gasteiger partial charge on any atom is 0.410 e. The first kappa shape index (κ1) is 38.9. The van der Waals surface area contributed by atoms with Crippen molar-refractivity contribution in [3.8, 4) is 0 Å². The Hall–Kier alpha value is -3.27. The topological polar surface area (TPSA) is 121 Å². The molecule has 2 atom stereocenters. The van der Waals surface area contributed by atoms with E-state index in [1.54, 1.807) is 30.6 Å². The number of aromatic nitrogens is 2. The SMILES string of the molecule is CC(C)(C)OC(=O)N1CC(CCCCNc2ccc(SNC(=O)c3ccc(N4C=CC(OCCC5(C(F)(F)F)CC5)N4)nc3Cl)nc2)CC1(C)C. The summed E-state index contributed by atoms with van der Waals surface area (Å²) in [6, 6.07) is 6.84. The van der Waals surface area contributed by atoms with E-state index in [0.29, 0.717) is 23.3 Å². The molecule has 3 N–H and O–H groups in total. The van der Waals surface area contributed by atoms with Crippen molar-refractivity contribution in [2.45, 2.75) is 108 Å². The largest absolute Gasteiger partial charge is 0.444 e. The molecule has 280 valence electrons. The fourth-order valence-electron chi connectivity index (χ4n) is 6.27. The van der Waals surface area contributed by atoms with Gasteiger partial charge >= 0.3 is 12.3 Å². The van der Waals surface area contributed by atoms with Gasteiger partial charge in [0.1, 0.15) is 27.8 Å². The van der Waals surface area contributed by atoms with Crippen LogP contribution >= 0.6 is 23.5 Å². The lowest BCUT2D eigenvalue weighted by Crippen LogP contribution is -2.45. The molecule has 2 aromatic rings. The number of ether oxygens (including phenoxy) is 2. The molecule has 2 aliphatic heterocycles. The Balaban J connectivity index is 0.982. The highest BCUT2D eigenvalue weighted by molar-refractivity contribution is 7.97. The van der Waals surface area contributed by atoms with E-state index in [9.17, 15) is 22.8 Å². The summed E-state index contributed by atoms with van der Waals surface area (Å²) < 4.78 is 53.4. The number of hydrogen-bond acceptors (Lipinski definition) is 10. The Labute approximate surface area is 306 Å². The number of carbonyl (C=O) groups is 2. The van der Waals surface area contributed by atoms with Gasteiger partial charge in [-0.25, -0.2) is 14.8 Å². The number of hydrogen-bond donors (Lipinski definition) is 3. The molecule has 2 amide bonds. The van der Waals surface area contributed by atoms with Crippen LogP contribution in [0.1, 0.15) is 89.9 Å². The van der Waals surface area contributed by atoms with Crippen LogP contribution in [0, 0.1) is 11.3 Å². The summed E-state index contributed by atoms with van der Waals surface area (Å²) in [5.41, 5.74) is 1.69. The van der Waals surface area contributed by atoms with Gasteiger partial charge in [-0.1, -0.05) is 18.0 Å². The van der Waals surface area contributed by atoms with Crippen molar-refractivity contribution in [3.05, 3.63) is 53.5 Å². The van der Waals surface area contributed by atoms with Crippen molar-refractivity contribution in [1.29, 1.82) is 0 Å². The van der Waals surface area contributed by atoms with Gasteiger partial charge in [0.2, 0.25) is 0 Å². The van der Waals surface area contributed by atoms with E-state index in [-0.39, 0.29) is 48.2 Å². The highest BCUT2D eigenvalue weighted by atomic mass is 35.5. The van der Waals surface area contributed by atoms with Crippen molar-refractivity contribution in [2.24, 2.45) is 11.3 Å². The van der Waals surface area contributed by atoms with E-state index in [2.05, 4.69) is 39.3 Å². The molecule has 2 aromatic heterocycles. The van der Waals surface area contributed by atoms with Gasteiger partial charge in [0.25, 0.3) is 5.91 Å². The molecule has 3 aliphatic rings. The lowest BCUT2D eigenvalue weighted by molar-refractivity contribution is -0.192. The predicted octanol–water partition coefficient (Wildman–Crippen LogP) is 8.10. The highest BCUT2D eigenvalue weighted by Crippen LogP contribution is 2.59. The van der Waals surface area contributed by atoms with Gasteiger partial charge in [0.15, 0.2) is 0 Å². The Morgan fingerprint density at radius 1 is 1.14 bits per heavy atom. The second-order valence-electron chi connectivity index (χ2n) is 15.0. The minimum absolute atomic E-state index is 0.0180. The van der Waals surface area contributed by atoms with Gasteiger partial charge in [-0.15, -0.1) is 0 Å². The van der Waals surface area contributed by atoms with Crippen molar-refractivity contribution in [3.63, 3.8) is 0 Å². The van der Waals surface area contributed by atoms with Gasteiger partial charge < -0.3 is 19.7 Å². The number of unbranched alkanes of at least 4 members (excludes halogenated alkanes) is 1. The van der Waals surface area contributed by atoms with Crippen LogP contribution in [0.2, 0.25) is 5.15 Å². The fourth-order valence-corrected chi connectivity index (χ4v) is 7.05. The molecule has 0 spiro atoms. The molecule has 1 saturated carbocycles. The first-order valence-electron chi connectivity index (χ1n) is 17.2. The number of rotatable bonds is 14. The lowest BCUT2D eigenvalue weighted by Gasteiger charge is -2.33. The average Bonchev–Trinajstić information content (AvgIpc) is 3.59. The first-order valence-corrected chi connectivity index (χ1v) is 18.4. The smallest absolute Gasteiger partial charge is 0.410 e. The minimum Gasteiger partial charge on any atom is -0.444 e. The number of halogens is 4. The number of hydrazine groups is 1. The molecular formula is C35H47ClF3N7O4S. The van der Waals surface area contributed by atoms with Gasteiger partial charge in [0, 0.05) is 43.4 Å². The number of amides is 2. The van der Waals surface area contributed by atoms with E-state index in [4.69, 9.17) is 21.1 Å². The van der Waals surface area contributed by atoms with Crippen LogP contribution in [-0.4, -0.2) is 70.1 Å². The molecule has 0 aromatic carbocycles. The van der Waals surface area contributed by atoms with E-state index in [1.165, 1.54) is 11.1 Å². The zero-order chi connectivity index (χ0) is 37.0. The van der Waals surface area contributed by atoms with E-state index >= 15 is 0 Å². The third-order valence-electron chi connectivity index (χ3n) is 9.26. The van der Waals surface area contributed by atoms with Crippen LogP contribution in [0.3, 0.4) is 0 Å². The molecule has 5 rings (SSSR count). The summed E-state index contributed by atoms with van der Waals surface area (Å²) >= 11 is 7.40. The summed E-state index contributed by atoms with van der Waals surface area (Å²) in [5.74, 6) is 0.385. The molecule has 1 aliphatic carbocycles. The Bertz CT molecular complexity index is 1570. The molecular weight excluding hydrogens is 707 g/mol. The fraction of sp³-hybridized carbons (Fsp3) is 0.600. The third kappa shape index (κ3) is 10.4. The molecule has 51 heavy (non-hydrogen) atoms. The third-order valence-corrected chi connectivity index (χ3v) is 10.3. The van der Waals surface area contributed by atoms with E-state index < -0.39 is 29.3 Å². The van der Waals surface area contributed by atoms with Gasteiger partial charge in [-0.05, 0) is 109 Å². The number of nitrogens with one attached hydrogen (secondary N) is 3. The predicted molar refractivity (Wildman–Crippen MR) is 191 cm³/mol. The van der Waals surface area contributed by atoms with Crippen LogP contribution < -0.4 is 20.5 Å². The summed E-state index contributed by atoms with van der Waals surface area (Å²) in [6.07, 6.45) is 4.17. The van der Waals surface area contributed by atoms with E-state index in [1.807, 2.05) is 31.7 Å². The van der Waals surface area contributed by atoms with Gasteiger partial charge in [0.05, 0.1) is 22.9 Å². The van der Waals surface area contributed by atoms with Crippen LogP contribution in [0.15, 0.2) is 47.8 Å². The Morgan fingerprint density at radius 2 is 1.90 bits per heavy atom. The number of pyridine rings is 2. The average molecular weight is 754 g/mol. The Morgan fingerprint density at radius 3 is 2.55 bits per heavy atom. The van der Waals surface area contributed by atoms with Crippen molar-refractivity contribution in [1.82, 2.24) is 25.0 Å². The molecule has 1 saturated heterocycles. The van der Waals surface area contributed by atoms with Crippen molar-refractivity contribution >= 4 is 47.1 Å². The van der Waals surface area contributed by atoms with Gasteiger partial charge in [-0.2, -0.15) is 18.6 Å². The number of likely N-dealkylation sites (tertiary alicyclic amines) is 1. The van der Waals surface area contributed by atoms with Crippen LogP contribution in [-0.2, 0) is 9.47 Å². The normalized spacial score (nSPS) is 20.8.